The summed E-state index contributed by atoms with van der Waals surface area (Å²) in [7, 11) is 0. The zero-order valence-corrected chi connectivity index (χ0v) is 12.0. The molecule has 5 atom stereocenters. The lowest BCUT2D eigenvalue weighted by Crippen LogP contribution is -2.62. The number of aliphatic hydroxyl groups excluding tert-OH is 3. The first-order valence-electron chi connectivity index (χ1n) is 6.31. The summed E-state index contributed by atoms with van der Waals surface area (Å²) in [4.78, 5) is 0. The number of aliphatic hydroxyl groups is 3. The summed E-state index contributed by atoms with van der Waals surface area (Å²) in [5.41, 5.74) is -0.865. The Hall–Kier alpha value is -0.200. The maximum absolute atomic E-state index is 9.97. The van der Waals surface area contributed by atoms with E-state index >= 15 is 0 Å². The van der Waals surface area contributed by atoms with E-state index < -0.39 is 36.3 Å². The second-order valence-electron chi connectivity index (χ2n) is 6.99. The molecule has 5 nitrogen and oxygen atoms in total. The third-order valence-electron chi connectivity index (χ3n) is 2.89. The van der Waals surface area contributed by atoms with E-state index in [-0.39, 0.29) is 5.41 Å². The first-order chi connectivity index (χ1) is 7.93. The van der Waals surface area contributed by atoms with Crippen molar-refractivity contribution in [2.24, 2.45) is 5.41 Å². The highest BCUT2D eigenvalue weighted by Gasteiger charge is 2.49. The van der Waals surface area contributed by atoms with Crippen molar-refractivity contribution >= 4 is 0 Å². The predicted octanol–water partition coefficient (Wildman–Crippen LogP) is 0.655. The fourth-order valence-corrected chi connectivity index (χ4v) is 2.01. The molecular formula is C13H26O5. The Kier molecular flexibility index (Phi) is 4.45. The van der Waals surface area contributed by atoms with Gasteiger partial charge in [0.15, 0.2) is 6.29 Å². The van der Waals surface area contributed by atoms with Crippen LogP contribution in [0.25, 0.3) is 0 Å². The number of hydrogen-bond donors (Lipinski definition) is 3. The van der Waals surface area contributed by atoms with Crippen LogP contribution in [0.5, 0.6) is 0 Å². The molecule has 3 N–H and O–H groups in total. The first-order valence-corrected chi connectivity index (χ1v) is 6.31. The molecule has 1 fully saturated rings. The van der Waals surface area contributed by atoms with E-state index in [1.54, 1.807) is 0 Å². The standard InChI is InChI=1S/C13H26O5/c1-12(2,3)10-8(15)7(14)9(16)11(17-10)18-13(4,5)6/h7-11,14-16H,1-6H3/t7?,8-,9?,10?,11-/m1/s1. The van der Waals surface area contributed by atoms with E-state index in [9.17, 15) is 15.3 Å². The van der Waals surface area contributed by atoms with Crippen molar-refractivity contribution in [2.75, 3.05) is 0 Å². The molecule has 0 radical (unpaired) electrons. The molecule has 3 unspecified atom stereocenters. The molecule has 0 bridgehead atoms. The quantitative estimate of drug-likeness (QED) is 0.647. The van der Waals surface area contributed by atoms with Crippen LogP contribution >= 0.6 is 0 Å². The molecule has 1 saturated heterocycles. The molecule has 1 rings (SSSR count). The van der Waals surface area contributed by atoms with Gasteiger partial charge in [-0.1, -0.05) is 20.8 Å². The molecule has 0 amide bonds. The van der Waals surface area contributed by atoms with Crippen LogP contribution in [0.3, 0.4) is 0 Å². The minimum Gasteiger partial charge on any atom is -0.388 e. The zero-order chi connectivity index (χ0) is 14.3. The van der Waals surface area contributed by atoms with Gasteiger partial charge in [-0.2, -0.15) is 0 Å². The van der Waals surface area contributed by atoms with E-state index in [4.69, 9.17) is 9.47 Å². The molecule has 0 spiro atoms. The Balaban J connectivity index is 2.88. The fraction of sp³-hybridized carbons (Fsp3) is 1.00. The topological polar surface area (TPSA) is 79.2 Å². The van der Waals surface area contributed by atoms with Crippen LogP contribution in [0.1, 0.15) is 41.5 Å². The van der Waals surface area contributed by atoms with Crippen LogP contribution in [-0.4, -0.2) is 51.6 Å². The molecule has 0 aromatic heterocycles. The summed E-state index contributed by atoms with van der Waals surface area (Å²) < 4.78 is 11.2. The Bertz CT molecular complexity index is 276. The van der Waals surface area contributed by atoms with Crippen LogP contribution in [0.2, 0.25) is 0 Å². The summed E-state index contributed by atoms with van der Waals surface area (Å²) in [6, 6.07) is 0. The van der Waals surface area contributed by atoms with Crippen LogP contribution < -0.4 is 0 Å². The van der Waals surface area contributed by atoms with Crippen molar-refractivity contribution in [1.29, 1.82) is 0 Å². The minimum absolute atomic E-state index is 0.361. The smallest absolute Gasteiger partial charge is 0.187 e. The summed E-state index contributed by atoms with van der Waals surface area (Å²) in [6.07, 6.45) is -5.18. The van der Waals surface area contributed by atoms with Crippen LogP contribution in [-0.2, 0) is 9.47 Å². The minimum atomic E-state index is -1.27. The largest absolute Gasteiger partial charge is 0.388 e. The van der Waals surface area contributed by atoms with E-state index in [1.807, 2.05) is 41.5 Å². The van der Waals surface area contributed by atoms with E-state index in [0.29, 0.717) is 0 Å². The van der Waals surface area contributed by atoms with Gasteiger partial charge in [0, 0.05) is 0 Å². The van der Waals surface area contributed by atoms with Crippen molar-refractivity contribution in [3.63, 3.8) is 0 Å². The lowest BCUT2D eigenvalue weighted by Gasteiger charge is -2.46. The molecule has 1 aliphatic rings. The highest BCUT2D eigenvalue weighted by atomic mass is 16.7. The molecule has 1 aliphatic heterocycles. The van der Waals surface area contributed by atoms with E-state index in [1.165, 1.54) is 0 Å². The Labute approximate surface area is 109 Å². The van der Waals surface area contributed by atoms with Gasteiger partial charge in [-0.25, -0.2) is 0 Å². The molecule has 108 valence electrons. The van der Waals surface area contributed by atoms with Crippen LogP contribution in [0, 0.1) is 5.41 Å². The second-order valence-corrected chi connectivity index (χ2v) is 6.99. The first kappa shape index (κ1) is 15.9. The van der Waals surface area contributed by atoms with Crippen LogP contribution in [0.4, 0.5) is 0 Å². The Morgan fingerprint density at radius 2 is 1.33 bits per heavy atom. The monoisotopic (exact) mass is 262 g/mol. The molecule has 18 heavy (non-hydrogen) atoms. The number of ether oxygens (including phenoxy) is 2. The lowest BCUT2D eigenvalue weighted by atomic mass is 9.81. The van der Waals surface area contributed by atoms with Gasteiger partial charge in [0.25, 0.3) is 0 Å². The lowest BCUT2D eigenvalue weighted by molar-refractivity contribution is -0.330. The molecule has 0 aromatic carbocycles. The van der Waals surface area contributed by atoms with Gasteiger partial charge in [0.1, 0.15) is 18.3 Å². The maximum atomic E-state index is 9.97. The van der Waals surface area contributed by atoms with Gasteiger partial charge in [0.05, 0.1) is 11.7 Å². The zero-order valence-electron chi connectivity index (χ0n) is 12.0. The molecule has 0 aliphatic carbocycles. The molecule has 0 saturated carbocycles. The molecule has 1 heterocycles. The van der Waals surface area contributed by atoms with Crippen molar-refractivity contribution in [3.05, 3.63) is 0 Å². The van der Waals surface area contributed by atoms with Gasteiger partial charge in [-0.3, -0.25) is 0 Å². The van der Waals surface area contributed by atoms with Crippen LogP contribution in [0.15, 0.2) is 0 Å². The Morgan fingerprint density at radius 3 is 1.72 bits per heavy atom. The number of hydrogen-bond acceptors (Lipinski definition) is 5. The van der Waals surface area contributed by atoms with E-state index in [2.05, 4.69) is 0 Å². The van der Waals surface area contributed by atoms with Gasteiger partial charge >= 0.3 is 0 Å². The summed E-state index contributed by atoms with van der Waals surface area (Å²) in [5.74, 6) is 0. The fourth-order valence-electron chi connectivity index (χ4n) is 2.01. The van der Waals surface area contributed by atoms with Crippen molar-refractivity contribution in [3.8, 4) is 0 Å². The normalized spacial score (nSPS) is 38.8. The van der Waals surface area contributed by atoms with Gasteiger partial charge in [-0.05, 0) is 26.2 Å². The third-order valence-corrected chi connectivity index (χ3v) is 2.89. The van der Waals surface area contributed by atoms with Crippen molar-refractivity contribution in [2.45, 2.75) is 77.8 Å². The van der Waals surface area contributed by atoms with Gasteiger partial charge < -0.3 is 24.8 Å². The predicted molar refractivity (Wildman–Crippen MR) is 67.0 cm³/mol. The summed E-state index contributed by atoms with van der Waals surface area (Å²) >= 11 is 0. The molecule has 5 heteroatoms. The van der Waals surface area contributed by atoms with Crippen molar-refractivity contribution in [1.82, 2.24) is 0 Å². The van der Waals surface area contributed by atoms with Crippen molar-refractivity contribution < 1.29 is 24.8 Å². The third kappa shape index (κ3) is 3.65. The highest BCUT2D eigenvalue weighted by Crippen LogP contribution is 2.34. The maximum Gasteiger partial charge on any atom is 0.187 e. The van der Waals surface area contributed by atoms with Gasteiger partial charge in [0.2, 0.25) is 0 Å². The SMILES string of the molecule is CC(C)(C)O[C@H]1OC(C(C)(C)C)[C@H](O)C(O)C1O. The molecule has 0 aromatic rings. The second kappa shape index (κ2) is 5.06. The Morgan fingerprint density at radius 1 is 0.833 bits per heavy atom. The average Bonchev–Trinajstić information content (AvgIpc) is 2.15. The summed E-state index contributed by atoms with van der Waals surface area (Å²) in [6.45, 7) is 11.2. The number of rotatable bonds is 1. The van der Waals surface area contributed by atoms with Gasteiger partial charge in [-0.15, -0.1) is 0 Å². The van der Waals surface area contributed by atoms with E-state index in [0.717, 1.165) is 0 Å². The highest BCUT2D eigenvalue weighted by molar-refractivity contribution is 4.94. The molecular weight excluding hydrogens is 236 g/mol. The summed E-state index contributed by atoms with van der Waals surface area (Å²) in [5, 5.41) is 29.8. The average molecular weight is 262 g/mol.